The fraction of sp³-hybridized carbons (Fsp3) is 1.00. The first-order chi connectivity index (χ1) is 12.9. The Morgan fingerprint density at radius 2 is 0.897 bits per heavy atom. The summed E-state index contributed by atoms with van der Waals surface area (Å²) in [6.45, 7) is 11.0. The van der Waals surface area contributed by atoms with Crippen LogP contribution in [0.3, 0.4) is 0 Å². The molecule has 0 unspecified atom stereocenters. The summed E-state index contributed by atoms with van der Waals surface area (Å²) >= 11 is 0. The zero-order valence-electron chi connectivity index (χ0n) is 17.0. The monoisotopic (exact) mass is 481 g/mol. The van der Waals surface area contributed by atoms with Crippen LogP contribution in [0.15, 0.2) is 0 Å². The first kappa shape index (κ1) is 30.6. The van der Waals surface area contributed by atoms with Gasteiger partial charge in [-0.3, -0.25) is 0 Å². The van der Waals surface area contributed by atoms with Gasteiger partial charge in [0, 0.05) is 0 Å². The molecule has 0 aromatic heterocycles. The van der Waals surface area contributed by atoms with Crippen molar-refractivity contribution >= 4 is 20.0 Å². The maximum atomic E-state index is 11.5. The highest BCUT2D eigenvalue weighted by Gasteiger charge is 2.55. The molecule has 0 heterocycles. The highest BCUT2D eigenvalue weighted by molar-refractivity contribution is 8.05. The molecule has 0 saturated heterocycles. The van der Waals surface area contributed by atoms with E-state index in [1.165, 1.54) is 62.6 Å². The molecule has 14 heteroatoms. The van der Waals surface area contributed by atoms with Crippen molar-refractivity contribution in [3.05, 3.63) is 0 Å². The highest BCUT2D eigenvalue weighted by atomic mass is 32.3. The second kappa shape index (κ2) is 12.3. The van der Waals surface area contributed by atoms with Crippen LogP contribution in [0.2, 0.25) is 0 Å². The molecule has 0 radical (unpaired) electrons. The zero-order chi connectivity index (χ0) is 23.6. The summed E-state index contributed by atoms with van der Waals surface area (Å²) in [5.74, 6) is 0. The minimum atomic E-state index is -6.60. The molecule has 0 aliphatic heterocycles. The molecule has 0 fully saturated rings. The van der Waals surface area contributed by atoms with Crippen LogP contribution in [-0.4, -0.2) is 59.0 Å². The van der Waals surface area contributed by atoms with Crippen LogP contribution >= 0.6 is 0 Å². The van der Waals surface area contributed by atoms with Gasteiger partial charge in [0.25, 0.3) is 0 Å². The maximum Gasteiger partial charge on any atom is 0.512 e. The second-order valence-electron chi connectivity index (χ2n) is 6.83. The van der Waals surface area contributed by atoms with E-state index in [1.54, 1.807) is 0 Å². The van der Waals surface area contributed by atoms with E-state index in [4.69, 9.17) is 0 Å². The van der Waals surface area contributed by atoms with Gasteiger partial charge in [-0.15, -0.1) is 0 Å². The molecule has 178 valence electrons. The zero-order valence-corrected chi connectivity index (χ0v) is 18.7. The van der Waals surface area contributed by atoms with E-state index in [9.17, 15) is 43.2 Å². The predicted molar refractivity (Wildman–Crippen MR) is 98.6 cm³/mol. The average molecular weight is 482 g/mol. The number of alkyl halides is 6. The third-order valence-corrected chi connectivity index (χ3v) is 6.96. The molecule has 0 amide bonds. The first-order valence-electron chi connectivity index (χ1n) is 9.13. The summed E-state index contributed by atoms with van der Waals surface area (Å²) in [4.78, 5) is 0. The van der Waals surface area contributed by atoms with Gasteiger partial charge in [0.2, 0.25) is 0 Å². The first-order valence-corrected chi connectivity index (χ1v) is 12.1. The van der Waals surface area contributed by atoms with E-state index in [1.807, 2.05) is 0 Å². The van der Waals surface area contributed by atoms with Crippen molar-refractivity contribution in [1.82, 2.24) is 4.13 Å². The largest absolute Gasteiger partial charge is 0.512 e. The van der Waals surface area contributed by atoms with Crippen LogP contribution in [0.5, 0.6) is 0 Å². The molecule has 0 aliphatic carbocycles. The van der Waals surface area contributed by atoms with Crippen LogP contribution in [0, 0.1) is 0 Å². The average Bonchev–Trinajstić information content (AvgIpc) is 2.54. The number of nitrogens with one attached hydrogen (secondary N) is 1. The number of quaternary nitrogens is 1. The van der Waals surface area contributed by atoms with Gasteiger partial charge in [0.1, 0.15) is 0 Å². The van der Waals surface area contributed by atoms with Crippen molar-refractivity contribution in [1.29, 1.82) is 0 Å². The Kier molecular flexibility index (Phi) is 13.0. The molecule has 0 aliphatic rings. The summed E-state index contributed by atoms with van der Waals surface area (Å²) < 4.78 is 110. The van der Waals surface area contributed by atoms with E-state index in [0.29, 0.717) is 0 Å². The lowest BCUT2D eigenvalue weighted by atomic mass is 10.2. The maximum absolute atomic E-state index is 11.5. The lowest BCUT2D eigenvalue weighted by Gasteiger charge is -2.34. The van der Waals surface area contributed by atoms with E-state index in [0.717, 1.165) is 0 Å². The van der Waals surface area contributed by atoms with Crippen molar-refractivity contribution in [3.8, 4) is 0 Å². The number of hydrogen-bond donors (Lipinski definition) is 1. The molecule has 1 N–H and O–H groups in total. The van der Waals surface area contributed by atoms with Gasteiger partial charge in [0.05, 0.1) is 26.7 Å². The van der Waals surface area contributed by atoms with Crippen molar-refractivity contribution in [2.45, 2.75) is 70.3 Å². The normalized spacial score (nSPS) is 13.7. The highest BCUT2D eigenvalue weighted by Crippen LogP contribution is 2.27. The number of hydrogen-bond acceptors (Lipinski definition) is 4. The van der Waals surface area contributed by atoms with Crippen molar-refractivity contribution in [2.24, 2.45) is 0 Å². The van der Waals surface area contributed by atoms with E-state index in [-0.39, 0.29) is 0 Å². The Hall–Kier alpha value is -0.600. The van der Waals surface area contributed by atoms with Crippen LogP contribution in [0.1, 0.15) is 59.3 Å². The third-order valence-electron chi connectivity index (χ3n) is 3.98. The van der Waals surface area contributed by atoms with Gasteiger partial charge >= 0.3 is 31.1 Å². The number of rotatable bonds is 11. The minimum Gasteiger partial charge on any atom is -0.326 e. The fourth-order valence-corrected chi connectivity index (χ4v) is 4.11. The Morgan fingerprint density at radius 3 is 1.07 bits per heavy atom. The van der Waals surface area contributed by atoms with Crippen molar-refractivity contribution in [2.75, 3.05) is 26.7 Å². The van der Waals surface area contributed by atoms with Crippen LogP contribution < -0.4 is 4.13 Å². The summed E-state index contributed by atoms with van der Waals surface area (Å²) in [6.07, 6.45) is 8.20. The molecule has 0 bridgehead atoms. The van der Waals surface area contributed by atoms with Gasteiger partial charge in [-0.2, -0.15) is 26.3 Å². The Morgan fingerprint density at radius 1 is 0.655 bits per heavy atom. The minimum absolute atomic E-state index is 0.493. The molecular weight excluding hydrogens is 450 g/mol. The lowest BCUT2D eigenvalue weighted by Crippen LogP contribution is -2.46. The van der Waals surface area contributed by atoms with Crippen LogP contribution in [0.4, 0.5) is 26.3 Å². The van der Waals surface area contributed by atoms with Gasteiger partial charge in [-0.1, -0.05) is 44.2 Å². The van der Waals surface area contributed by atoms with E-state index < -0.39 is 35.2 Å². The number of sulfonamides is 2. The molecule has 6 nitrogen and oxygen atoms in total. The lowest BCUT2D eigenvalue weighted by molar-refractivity contribution is -0.910. The summed E-state index contributed by atoms with van der Waals surface area (Å²) in [5, 5.41) is 0. The molecule has 0 atom stereocenters. The smallest absolute Gasteiger partial charge is 0.326 e. The van der Waals surface area contributed by atoms with Crippen LogP contribution in [-0.2, 0) is 20.0 Å². The standard InChI is InChI=1S/C13H30N.C2HF6NO4S2/c1-5-8-11-14(4,12-9-6-2)13-10-7-3;3-1(4,5)14(10,11)9-15(12,13)2(6,7)8/h5-13H2,1-4H3;9H/q+1;. The number of nitrogens with zero attached hydrogens (tertiary/aromatic N) is 1. The van der Waals surface area contributed by atoms with Gasteiger partial charge in [0.15, 0.2) is 0 Å². The van der Waals surface area contributed by atoms with Gasteiger partial charge in [-0.25, -0.2) is 16.8 Å². The van der Waals surface area contributed by atoms with Crippen molar-refractivity contribution < 1.29 is 47.7 Å². The SMILES string of the molecule is CCCC[N+](C)(CCCC)CCCC.O=S(=O)(NS(=O)(=O)C(F)(F)F)C(F)(F)F. The fourth-order valence-electron chi connectivity index (χ4n) is 2.19. The van der Waals surface area contributed by atoms with Crippen LogP contribution in [0.25, 0.3) is 0 Å². The third kappa shape index (κ3) is 12.0. The quantitative estimate of drug-likeness (QED) is 0.356. The predicted octanol–water partition coefficient (Wildman–Crippen LogP) is 4.11. The topological polar surface area (TPSA) is 80.3 Å². The summed E-state index contributed by atoms with van der Waals surface area (Å²) in [5.41, 5.74) is -12.3. The molecule has 29 heavy (non-hydrogen) atoms. The second-order valence-corrected chi connectivity index (χ2v) is 10.4. The van der Waals surface area contributed by atoms with Gasteiger partial charge < -0.3 is 4.48 Å². The number of halogens is 6. The molecule has 0 aromatic carbocycles. The van der Waals surface area contributed by atoms with Crippen molar-refractivity contribution in [3.63, 3.8) is 0 Å². The Labute approximate surface area is 169 Å². The molecule has 0 aromatic rings. The molecular formula is C15H31F6N2O4S2+. The Bertz CT molecular complexity index is 598. The van der Waals surface area contributed by atoms with Gasteiger partial charge in [-0.05, 0) is 19.3 Å². The Balaban J connectivity index is 0. The summed E-state index contributed by atoms with van der Waals surface area (Å²) in [6, 6.07) is 0. The molecule has 0 spiro atoms. The molecule has 0 saturated carbocycles. The molecule has 0 rings (SSSR count). The number of unbranched alkanes of at least 4 members (excludes halogenated alkanes) is 3. The summed E-state index contributed by atoms with van der Waals surface area (Å²) in [7, 11) is -10.7. The van der Waals surface area contributed by atoms with E-state index in [2.05, 4.69) is 27.8 Å². The van der Waals surface area contributed by atoms with E-state index >= 15 is 0 Å².